The lowest BCUT2D eigenvalue weighted by atomic mass is 10.1. The first-order chi connectivity index (χ1) is 13.4. The predicted molar refractivity (Wildman–Crippen MR) is 108 cm³/mol. The number of aromatic nitrogens is 1. The number of thiophene rings is 1. The third kappa shape index (κ3) is 4.20. The second-order valence-electron chi connectivity index (χ2n) is 6.35. The third-order valence-electron chi connectivity index (χ3n) is 4.53. The van der Waals surface area contributed by atoms with Gasteiger partial charge >= 0.3 is 5.97 Å². The van der Waals surface area contributed by atoms with Gasteiger partial charge in [0.25, 0.3) is 5.91 Å². The topological polar surface area (TPSA) is 77.4 Å². The molecule has 0 radical (unpaired) electrons. The molecular formula is C21H20N2O4S. The summed E-state index contributed by atoms with van der Waals surface area (Å²) in [6.45, 7) is 3.44. The van der Waals surface area contributed by atoms with Gasteiger partial charge in [-0.1, -0.05) is 6.07 Å². The van der Waals surface area contributed by atoms with Crippen molar-refractivity contribution in [1.82, 2.24) is 4.57 Å². The van der Waals surface area contributed by atoms with Crippen molar-refractivity contribution >= 4 is 34.7 Å². The highest BCUT2D eigenvalue weighted by atomic mass is 32.1. The minimum absolute atomic E-state index is 0.204. The molecule has 28 heavy (non-hydrogen) atoms. The number of carbonyl (C=O) groups is 3. The fraction of sp³-hybridized carbons (Fsp3) is 0.190. The van der Waals surface area contributed by atoms with E-state index in [-0.39, 0.29) is 18.3 Å². The number of amides is 1. The number of Topliss-reactive ketones (excluding diaryl/α,β-unsaturated/α-hetero) is 1. The zero-order chi connectivity index (χ0) is 20.3. The SMILES string of the molecule is Cc1cc(C(=O)COC(=O)c2ccc(NC(=O)c3cccs3)cc2)c(C)n1C. The summed E-state index contributed by atoms with van der Waals surface area (Å²) in [4.78, 5) is 37.1. The molecule has 0 atom stereocenters. The fourth-order valence-corrected chi connectivity index (χ4v) is 3.34. The van der Waals surface area contributed by atoms with Gasteiger partial charge < -0.3 is 14.6 Å². The number of esters is 1. The smallest absolute Gasteiger partial charge is 0.338 e. The zero-order valence-corrected chi connectivity index (χ0v) is 16.6. The number of carbonyl (C=O) groups excluding carboxylic acids is 3. The fourth-order valence-electron chi connectivity index (χ4n) is 2.72. The van der Waals surface area contributed by atoms with Crippen molar-refractivity contribution in [2.24, 2.45) is 7.05 Å². The Morgan fingerprint density at radius 2 is 1.82 bits per heavy atom. The number of aryl methyl sites for hydroxylation is 1. The van der Waals surface area contributed by atoms with Gasteiger partial charge in [-0.05, 0) is 55.6 Å². The maximum Gasteiger partial charge on any atom is 0.338 e. The molecule has 2 aromatic heterocycles. The standard InChI is InChI=1S/C21H20N2O4S/c1-13-11-17(14(2)23(13)3)18(24)12-27-21(26)15-6-8-16(9-7-15)22-20(25)19-5-4-10-28-19/h4-11H,12H2,1-3H3,(H,22,25). The number of hydrogen-bond acceptors (Lipinski definition) is 5. The van der Waals surface area contributed by atoms with Crippen LogP contribution in [0.5, 0.6) is 0 Å². The summed E-state index contributed by atoms with van der Waals surface area (Å²) in [6, 6.07) is 11.7. The van der Waals surface area contributed by atoms with E-state index < -0.39 is 5.97 Å². The molecule has 1 aromatic carbocycles. The van der Waals surface area contributed by atoms with Crippen molar-refractivity contribution in [3.05, 3.63) is 75.2 Å². The number of hydrogen-bond donors (Lipinski definition) is 1. The second kappa shape index (κ2) is 8.22. The van der Waals surface area contributed by atoms with Crippen LogP contribution in [0.25, 0.3) is 0 Å². The molecule has 144 valence electrons. The largest absolute Gasteiger partial charge is 0.454 e. The molecule has 0 unspecified atom stereocenters. The minimum atomic E-state index is -0.588. The summed E-state index contributed by atoms with van der Waals surface area (Å²) in [5.41, 5.74) is 3.24. The molecule has 1 amide bonds. The van der Waals surface area contributed by atoms with E-state index >= 15 is 0 Å². The highest BCUT2D eigenvalue weighted by Gasteiger charge is 2.17. The van der Waals surface area contributed by atoms with Crippen LogP contribution in [0.3, 0.4) is 0 Å². The van der Waals surface area contributed by atoms with Crippen molar-refractivity contribution in [3.8, 4) is 0 Å². The van der Waals surface area contributed by atoms with Crippen LogP contribution >= 0.6 is 11.3 Å². The van der Waals surface area contributed by atoms with Crippen LogP contribution in [0.1, 0.15) is 41.8 Å². The zero-order valence-electron chi connectivity index (χ0n) is 15.8. The Bertz CT molecular complexity index is 1020. The van der Waals surface area contributed by atoms with E-state index in [1.54, 1.807) is 42.5 Å². The number of rotatable bonds is 6. The van der Waals surface area contributed by atoms with E-state index in [1.165, 1.54) is 11.3 Å². The van der Waals surface area contributed by atoms with Gasteiger partial charge in [0.05, 0.1) is 10.4 Å². The van der Waals surface area contributed by atoms with E-state index in [1.807, 2.05) is 30.8 Å². The number of nitrogens with one attached hydrogen (secondary N) is 1. The molecule has 0 aliphatic carbocycles. The van der Waals surface area contributed by atoms with Crippen molar-refractivity contribution < 1.29 is 19.1 Å². The number of anilines is 1. The van der Waals surface area contributed by atoms with Crippen LogP contribution in [0, 0.1) is 13.8 Å². The van der Waals surface area contributed by atoms with Gasteiger partial charge in [0, 0.05) is 29.7 Å². The average molecular weight is 396 g/mol. The molecule has 0 saturated heterocycles. The van der Waals surface area contributed by atoms with Gasteiger partial charge in [0.15, 0.2) is 6.61 Å². The molecule has 0 fully saturated rings. The first-order valence-electron chi connectivity index (χ1n) is 8.65. The molecule has 7 heteroatoms. The van der Waals surface area contributed by atoms with E-state index in [4.69, 9.17) is 4.74 Å². The van der Waals surface area contributed by atoms with E-state index in [0.717, 1.165) is 11.4 Å². The summed E-state index contributed by atoms with van der Waals surface area (Å²) in [7, 11) is 1.88. The molecule has 0 aliphatic rings. The molecule has 1 N–H and O–H groups in total. The van der Waals surface area contributed by atoms with Crippen molar-refractivity contribution in [2.45, 2.75) is 13.8 Å². The molecule has 0 saturated carbocycles. The Labute approximate surface area is 166 Å². The van der Waals surface area contributed by atoms with Crippen LogP contribution < -0.4 is 5.32 Å². The van der Waals surface area contributed by atoms with Crippen LogP contribution in [0.15, 0.2) is 47.8 Å². The van der Waals surface area contributed by atoms with Gasteiger partial charge in [0.1, 0.15) is 0 Å². The van der Waals surface area contributed by atoms with Crippen molar-refractivity contribution in [3.63, 3.8) is 0 Å². The molecule has 0 spiro atoms. The van der Waals surface area contributed by atoms with Crippen LogP contribution in [-0.2, 0) is 11.8 Å². The molecule has 3 aromatic rings. The lowest BCUT2D eigenvalue weighted by Gasteiger charge is -2.07. The average Bonchev–Trinajstić information content (AvgIpc) is 3.31. The lowest BCUT2D eigenvalue weighted by Crippen LogP contribution is -2.15. The van der Waals surface area contributed by atoms with Gasteiger partial charge in [0.2, 0.25) is 5.78 Å². The summed E-state index contributed by atoms with van der Waals surface area (Å²) in [5, 5.41) is 4.59. The third-order valence-corrected chi connectivity index (χ3v) is 5.40. The van der Waals surface area contributed by atoms with Crippen LogP contribution in [0.4, 0.5) is 5.69 Å². The van der Waals surface area contributed by atoms with Crippen molar-refractivity contribution in [1.29, 1.82) is 0 Å². The maximum atomic E-state index is 12.3. The highest BCUT2D eigenvalue weighted by Crippen LogP contribution is 2.16. The highest BCUT2D eigenvalue weighted by molar-refractivity contribution is 7.12. The number of ether oxygens (including phenoxy) is 1. The van der Waals surface area contributed by atoms with Gasteiger partial charge in [-0.25, -0.2) is 4.79 Å². The first kappa shape index (κ1) is 19.6. The Kier molecular flexibility index (Phi) is 5.75. The monoisotopic (exact) mass is 396 g/mol. The Balaban J connectivity index is 1.58. The van der Waals surface area contributed by atoms with Gasteiger partial charge in [-0.3, -0.25) is 9.59 Å². The molecule has 2 heterocycles. The van der Waals surface area contributed by atoms with Crippen LogP contribution in [-0.4, -0.2) is 28.8 Å². The van der Waals surface area contributed by atoms with Gasteiger partial charge in [-0.2, -0.15) is 0 Å². The number of nitrogens with zero attached hydrogens (tertiary/aromatic N) is 1. The summed E-state index contributed by atoms with van der Waals surface area (Å²) >= 11 is 1.35. The Hall–Kier alpha value is -3.19. The summed E-state index contributed by atoms with van der Waals surface area (Å²) in [6.07, 6.45) is 0. The number of ketones is 1. The molecule has 3 rings (SSSR count). The van der Waals surface area contributed by atoms with Crippen molar-refractivity contribution in [2.75, 3.05) is 11.9 Å². The molecular weight excluding hydrogens is 376 g/mol. The molecule has 6 nitrogen and oxygen atoms in total. The van der Waals surface area contributed by atoms with Crippen LogP contribution in [0.2, 0.25) is 0 Å². The Morgan fingerprint density at radius 3 is 2.39 bits per heavy atom. The summed E-state index contributed by atoms with van der Waals surface area (Å²) < 4.78 is 7.06. The van der Waals surface area contributed by atoms with E-state index in [0.29, 0.717) is 21.7 Å². The lowest BCUT2D eigenvalue weighted by molar-refractivity contribution is 0.0474. The first-order valence-corrected chi connectivity index (χ1v) is 9.53. The second-order valence-corrected chi connectivity index (χ2v) is 7.30. The maximum absolute atomic E-state index is 12.3. The summed E-state index contributed by atoms with van der Waals surface area (Å²) in [5.74, 6) is -1.03. The van der Waals surface area contributed by atoms with E-state index in [9.17, 15) is 14.4 Å². The molecule has 0 aliphatic heterocycles. The molecule has 0 bridgehead atoms. The van der Waals surface area contributed by atoms with E-state index in [2.05, 4.69) is 5.32 Å². The minimum Gasteiger partial charge on any atom is -0.454 e. The predicted octanol–water partition coefficient (Wildman–Crippen LogP) is 4.00. The number of benzene rings is 1. The van der Waals surface area contributed by atoms with Gasteiger partial charge in [-0.15, -0.1) is 11.3 Å². The Morgan fingerprint density at radius 1 is 1.11 bits per heavy atom. The quantitative estimate of drug-likeness (QED) is 0.505. The normalized spacial score (nSPS) is 10.5.